The Labute approximate surface area is 136 Å². The van der Waals surface area contributed by atoms with Gasteiger partial charge in [0.25, 0.3) is 0 Å². The third kappa shape index (κ3) is 3.23. The van der Waals surface area contributed by atoms with Crippen LogP contribution in [0.15, 0.2) is 30.5 Å². The van der Waals surface area contributed by atoms with Gasteiger partial charge in [0.1, 0.15) is 6.54 Å². The molecule has 5 nitrogen and oxygen atoms in total. The van der Waals surface area contributed by atoms with E-state index < -0.39 is 0 Å². The van der Waals surface area contributed by atoms with Gasteiger partial charge in [-0.15, -0.1) is 0 Å². The fourth-order valence-corrected chi connectivity index (χ4v) is 3.19. The minimum atomic E-state index is -0.0432. The SMILES string of the molecule is Cc1cn(CC(=O)N(C)CC(=O)N2CCCC2)c2ccccc12. The van der Waals surface area contributed by atoms with E-state index in [1.165, 1.54) is 4.90 Å². The van der Waals surface area contributed by atoms with E-state index in [4.69, 9.17) is 0 Å². The van der Waals surface area contributed by atoms with Crippen LogP contribution in [0.1, 0.15) is 18.4 Å². The highest BCUT2D eigenvalue weighted by atomic mass is 16.2. The molecule has 23 heavy (non-hydrogen) atoms. The molecule has 0 radical (unpaired) electrons. The number of nitrogens with zero attached hydrogens (tertiary/aromatic N) is 3. The van der Waals surface area contributed by atoms with Crippen LogP contribution in [0.25, 0.3) is 10.9 Å². The molecule has 0 saturated carbocycles. The molecule has 0 unspecified atom stereocenters. The van der Waals surface area contributed by atoms with Crippen molar-refractivity contribution in [2.75, 3.05) is 26.7 Å². The largest absolute Gasteiger partial charge is 0.341 e. The van der Waals surface area contributed by atoms with Gasteiger partial charge in [0, 0.05) is 37.2 Å². The van der Waals surface area contributed by atoms with E-state index in [-0.39, 0.29) is 24.9 Å². The van der Waals surface area contributed by atoms with Gasteiger partial charge in [-0.1, -0.05) is 18.2 Å². The van der Waals surface area contributed by atoms with E-state index >= 15 is 0 Å². The van der Waals surface area contributed by atoms with Gasteiger partial charge in [-0.25, -0.2) is 0 Å². The molecule has 0 aliphatic carbocycles. The number of likely N-dealkylation sites (N-methyl/N-ethyl adjacent to an activating group) is 1. The average molecular weight is 313 g/mol. The molecule has 1 aromatic heterocycles. The molecule has 1 fully saturated rings. The first-order valence-electron chi connectivity index (χ1n) is 8.12. The Morgan fingerprint density at radius 2 is 1.87 bits per heavy atom. The third-order valence-electron chi connectivity index (χ3n) is 4.55. The lowest BCUT2D eigenvalue weighted by Gasteiger charge is -2.21. The highest BCUT2D eigenvalue weighted by molar-refractivity contribution is 5.87. The zero-order valence-electron chi connectivity index (χ0n) is 13.8. The lowest BCUT2D eigenvalue weighted by atomic mass is 10.2. The van der Waals surface area contributed by atoms with Crippen molar-refractivity contribution in [2.24, 2.45) is 0 Å². The number of para-hydroxylation sites is 1. The molecule has 2 amide bonds. The summed E-state index contributed by atoms with van der Waals surface area (Å²) in [5.41, 5.74) is 2.21. The van der Waals surface area contributed by atoms with E-state index in [1.807, 2.05) is 40.8 Å². The summed E-state index contributed by atoms with van der Waals surface area (Å²) in [4.78, 5) is 28.0. The summed E-state index contributed by atoms with van der Waals surface area (Å²) < 4.78 is 1.96. The van der Waals surface area contributed by atoms with Gasteiger partial charge < -0.3 is 14.4 Å². The van der Waals surface area contributed by atoms with Crippen molar-refractivity contribution in [2.45, 2.75) is 26.3 Å². The number of amides is 2. The molecular weight excluding hydrogens is 290 g/mol. The number of fused-ring (bicyclic) bond motifs is 1. The number of rotatable bonds is 4. The Morgan fingerprint density at radius 3 is 2.61 bits per heavy atom. The van der Waals surface area contributed by atoms with Crippen molar-refractivity contribution >= 4 is 22.7 Å². The first-order chi connectivity index (χ1) is 11.1. The summed E-state index contributed by atoms with van der Waals surface area (Å²) in [6, 6.07) is 8.06. The predicted octanol–water partition coefficient (Wildman–Crippen LogP) is 2.03. The van der Waals surface area contributed by atoms with E-state index in [1.54, 1.807) is 7.05 Å². The van der Waals surface area contributed by atoms with Crippen LogP contribution < -0.4 is 0 Å². The number of carbonyl (C=O) groups excluding carboxylic acids is 2. The van der Waals surface area contributed by atoms with Gasteiger partial charge in [-0.2, -0.15) is 0 Å². The van der Waals surface area contributed by atoms with E-state index in [2.05, 4.69) is 6.07 Å². The Kier molecular flexibility index (Phi) is 4.37. The molecule has 1 saturated heterocycles. The zero-order valence-corrected chi connectivity index (χ0v) is 13.8. The lowest BCUT2D eigenvalue weighted by Crippen LogP contribution is -2.40. The molecule has 0 bridgehead atoms. The molecule has 0 atom stereocenters. The standard InChI is InChI=1S/C18H23N3O2/c1-14-11-21(16-8-4-3-7-15(14)16)13-17(22)19(2)12-18(23)20-9-5-6-10-20/h3-4,7-8,11H,5-6,9-10,12-13H2,1-2H3. The van der Waals surface area contributed by atoms with E-state index in [0.717, 1.165) is 42.4 Å². The van der Waals surface area contributed by atoms with Crippen LogP contribution in [0, 0.1) is 6.92 Å². The van der Waals surface area contributed by atoms with Gasteiger partial charge in [0.05, 0.1) is 6.54 Å². The molecule has 1 aliphatic rings. The van der Waals surface area contributed by atoms with Crippen LogP contribution in [-0.4, -0.2) is 52.9 Å². The van der Waals surface area contributed by atoms with Gasteiger partial charge in [-0.05, 0) is 31.4 Å². The minimum Gasteiger partial charge on any atom is -0.341 e. The van der Waals surface area contributed by atoms with Gasteiger partial charge in [-0.3, -0.25) is 9.59 Å². The number of aromatic nitrogens is 1. The quantitative estimate of drug-likeness (QED) is 0.867. The van der Waals surface area contributed by atoms with Crippen molar-refractivity contribution in [1.29, 1.82) is 0 Å². The number of hydrogen-bond acceptors (Lipinski definition) is 2. The molecule has 3 rings (SSSR count). The third-order valence-corrected chi connectivity index (χ3v) is 4.55. The van der Waals surface area contributed by atoms with Crippen LogP contribution in [0.2, 0.25) is 0 Å². The smallest absolute Gasteiger partial charge is 0.242 e. The van der Waals surface area contributed by atoms with Crippen LogP contribution in [-0.2, 0) is 16.1 Å². The summed E-state index contributed by atoms with van der Waals surface area (Å²) in [5, 5.41) is 1.16. The summed E-state index contributed by atoms with van der Waals surface area (Å²) in [5.74, 6) is 0.00481. The first kappa shape index (κ1) is 15.6. The average Bonchev–Trinajstić information content (AvgIpc) is 3.17. The van der Waals surface area contributed by atoms with E-state index in [9.17, 15) is 9.59 Å². The number of aryl methyl sites for hydroxylation is 1. The predicted molar refractivity (Wildman–Crippen MR) is 90.1 cm³/mol. The summed E-state index contributed by atoms with van der Waals surface area (Å²) in [6.45, 7) is 4.11. The summed E-state index contributed by atoms with van der Waals surface area (Å²) >= 11 is 0. The number of benzene rings is 1. The Bertz CT molecular complexity index is 729. The van der Waals surface area contributed by atoms with Crippen molar-refractivity contribution in [1.82, 2.24) is 14.4 Å². The van der Waals surface area contributed by atoms with Crippen molar-refractivity contribution in [3.8, 4) is 0 Å². The van der Waals surface area contributed by atoms with Crippen LogP contribution in [0.4, 0.5) is 0 Å². The van der Waals surface area contributed by atoms with Gasteiger partial charge >= 0.3 is 0 Å². The van der Waals surface area contributed by atoms with Crippen LogP contribution in [0.5, 0.6) is 0 Å². The molecule has 0 N–H and O–H groups in total. The fraction of sp³-hybridized carbons (Fsp3) is 0.444. The van der Waals surface area contributed by atoms with E-state index in [0.29, 0.717) is 0 Å². The fourth-order valence-electron chi connectivity index (χ4n) is 3.19. The lowest BCUT2D eigenvalue weighted by molar-refractivity contribution is -0.139. The Balaban J connectivity index is 1.66. The highest BCUT2D eigenvalue weighted by Crippen LogP contribution is 2.20. The molecule has 0 spiro atoms. The molecule has 1 aliphatic heterocycles. The van der Waals surface area contributed by atoms with Crippen molar-refractivity contribution in [3.05, 3.63) is 36.0 Å². The van der Waals surface area contributed by atoms with Gasteiger partial charge in [0.2, 0.25) is 11.8 Å². The highest BCUT2D eigenvalue weighted by Gasteiger charge is 2.21. The molecule has 2 aromatic rings. The maximum atomic E-state index is 12.5. The Hall–Kier alpha value is -2.30. The number of carbonyl (C=O) groups is 2. The normalized spacial score (nSPS) is 14.4. The zero-order chi connectivity index (χ0) is 16.4. The molecule has 2 heterocycles. The Morgan fingerprint density at radius 1 is 1.17 bits per heavy atom. The molecule has 122 valence electrons. The van der Waals surface area contributed by atoms with Gasteiger partial charge in [0.15, 0.2) is 0 Å². The van der Waals surface area contributed by atoms with Crippen molar-refractivity contribution < 1.29 is 9.59 Å². The van der Waals surface area contributed by atoms with Crippen molar-refractivity contribution in [3.63, 3.8) is 0 Å². The second-order valence-electron chi connectivity index (χ2n) is 6.29. The molecular formula is C18H23N3O2. The second kappa shape index (κ2) is 6.44. The second-order valence-corrected chi connectivity index (χ2v) is 6.29. The maximum absolute atomic E-state index is 12.5. The summed E-state index contributed by atoms with van der Waals surface area (Å²) in [7, 11) is 1.70. The number of hydrogen-bond donors (Lipinski definition) is 0. The topological polar surface area (TPSA) is 45.6 Å². The number of likely N-dealkylation sites (tertiary alicyclic amines) is 1. The van der Waals surface area contributed by atoms with Crippen LogP contribution >= 0.6 is 0 Å². The minimum absolute atomic E-state index is 0.0432. The molecule has 1 aromatic carbocycles. The molecule has 5 heteroatoms. The summed E-state index contributed by atoms with van der Waals surface area (Å²) in [6.07, 6.45) is 4.13. The monoisotopic (exact) mass is 313 g/mol. The maximum Gasteiger partial charge on any atom is 0.242 e. The van der Waals surface area contributed by atoms with Crippen LogP contribution in [0.3, 0.4) is 0 Å². The first-order valence-corrected chi connectivity index (χ1v) is 8.12.